The minimum absolute atomic E-state index is 0.177. The molecule has 22 heavy (non-hydrogen) atoms. The highest BCUT2D eigenvalue weighted by molar-refractivity contribution is 8.00. The number of para-hydroxylation sites is 1. The molecule has 0 saturated heterocycles. The van der Waals surface area contributed by atoms with E-state index in [0.717, 1.165) is 22.7 Å². The van der Waals surface area contributed by atoms with Crippen LogP contribution in [0.5, 0.6) is 0 Å². The van der Waals surface area contributed by atoms with Gasteiger partial charge in [-0.25, -0.2) is 4.98 Å². The molecular weight excluding hydrogens is 302 g/mol. The van der Waals surface area contributed by atoms with E-state index < -0.39 is 11.2 Å². The summed E-state index contributed by atoms with van der Waals surface area (Å²) >= 11 is 1.08. The lowest BCUT2D eigenvalue weighted by atomic mass is 10.2. The van der Waals surface area contributed by atoms with Crippen molar-refractivity contribution in [2.24, 2.45) is 0 Å². The van der Waals surface area contributed by atoms with Crippen LogP contribution in [-0.4, -0.2) is 30.9 Å². The van der Waals surface area contributed by atoms with E-state index in [2.05, 4.69) is 9.97 Å². The van der Waals surface area contributed by atoms with E-state index in [0.29, 0.717) is 22.7 Å². The van der Waals surface area contributed by atoms with Gasteiger partial charge in [0, 0.05) is 17.4 Å². The molecule has 1 atom stereocenters. The Morgan fingerprint density at radius 3 is 2.86 bits per heavy atom. The van der Waals surface area contributed by atoms with E-state index in [1.807, 2.05) is 31.2 Å². The number of rotatable bonds is 4. The fourth-order valence-corrected chi connectivity index (χ4v) is 3.25. The first-order valence-corrected chi connectivity index (χ1v) is 7.81. The van der Waals surface area contributed by atoms with Crippen LogP contribution in [0.3, 0.4) is 0 Å². The number of aliphatic carboxylic acids is 1. The van der Waals surface area contributed by atoms with Crippen LogP contribution < -0.4 is 5.56 Å². The lowest BCUT2D eigenvalue weighted by Crippen LogP contribution is -2.24. The Balaban J connectivity index is 2.29. The number of nitrogens with one attached hydrogen (secondary N) is 1. The maximum absolute atomic E-state index is 12.6. The molecule has 0 aliphatic carbocycles. The van der Waals surface area contributed by atoms with Crippen molar-refractivity contribution in [1.29, 1.82) is 0 Å². The van der Waals surface area contributed by atoms with Crippen molar-refractivity contribution in [1.82, 2.24) is 14.5 Å². The summed E-state index contributed by atoms with van der Waals surface area (Å²) in [6, 6.07) is 7.55. The predicted octanol–water partition coefficient (Wildman–Crippen LogP) is 2.46. The minimum Gasteiger partial charge on any atom is -0.480 e. The molecule has 3 rings (SSSR count). The average Bonchev–Trinajstić information content (AvgIpc) is 2.87. The van der Waals surface area contributed by atoms with Crippen molar-refractivity contribution in [2.45, 2.75) is 30.8 Å². The van der Waals surface area contributed by atoms with Crippen LogP contribution in [0, 0.1) is 0 Å². The lowest BCUT2D eigenvalue weighted by molar-refractivity contribution is -0.136. The first-order chi connectivity index (χ1) is 10.5. The van der Waals surface area contributed by atoms with Crippen LogP contribution in [0.1, 0.15) is 13.8 Å². The molecule has 0 amide bonds. The summed E-state index contributed by atoms with van der Waals surface area (Å²) in [5.41, 5.74) is 1.71. The van der Waals surface area contributed by atoms with Crippen molar-refractivity contribution in [3.05, 3.63) is 34.6 Å². The van der Waals surface area contributed by atoms with Gasteiger partial charge in [-0.2, -0.15) is 0 Å². The second-order valence-corrected chi connectivity index (χ2v) is 6.24. The van der Waals surface area contributed by atoms with Gasteiger partial charge in [-0.1, -0.05) is 30.0 Å². The Hall–Kier alpha value is -2.28. The monoisotopic (exact) mass is 317 g/mol. The number of H-pyrrole nitrogens is 1. The predicted molar refractivity (Wildman–Crippen MR) is 86.5 cm³/mol. The summed E-state index contributed by atoms with van der Waals surface area (Å²) in [6.45, 7) is 3.86. The number of fused-ring (bicyclic) bond motifs is 3. The van der Waals surface area contributed by atoms with Crippen molar-refractivity contribution in [3.8, 4) is 0 Å². The molecule has 0 aliphatic rings. The number of benzene rings is 1. The number of carboxylic acid groups (broad SMARTS) is 1. The normalized spacial score (nSPS) is 12.8. The van der Waals surface area contributed by atoms with Crippen molar-refractivity contribution in [3.63, 3.8) is 0 Å². The van der Waals surface area contributed by atoms with Gasteiger partial charge in [0.05, 0.1) is 0 Å². The third-order valence-corrected chi connectivity index (χ3v) is 4.60. The molecule has 7 heteroatoms. The Labute approximate surface area is 130 Å². The Kier molecular flexibility index (Phi) is 3.66. The van der Waals surface area contributed by atoms with E-state index >= 15 is 0 Å². The topological polar surface area (TPSA) is 88.0 Å². The molecule has 114 valence electrons. The number of hydrogen-bond donors (Lipinski definition) is 2. The van der Waals surface area contributed by atoms with Crippen LogP contribution in [0.25, 0.3) is 21.9 Å². The number of hydrogen-bond acceptors (Lipinski definition) is 4. The van der Waals surface area contributed by atoms with Gasteiger partial charge in [0.1, 0.15) is 16.3 Å². The van der Waals surface area contributed by atoms with Gasteiger partial charge in [0.25, 0.3) is 5.56 Å². The highest BCUT2D eigenvalue weighted by atomic mass is 32.2. The van der Waals surface area contributed by atoms with Crippen molar-refractivity contribution < 1.29 is 9.90 Å². The van der Waals surface area contributed by atoms with E-state index in [9.17, 15) is 9.59 Å². The highest BCUT2D eigenvalue weighted by Crippen LogP contribution is 2.26. The zero-order valence-electron chi connectivity index (χ0n) is 12.2. The largest absolute Gasteiger partial charge is 0.480 e. The highest BCUT2D eigenvalue weighted by Gasteiger charge is 2.19. The molecular formula is C15H15N3O3S. The van der Waals surface area contributed by atoms with Gasteiger partial charge in [0.2, 0.25) is 0 Å². The maximum atomic E-state index is 12.6. The molecule has 2 heterocycles. The molecule has 0 saturated carbocycles. The number of carbonyl (C=O) groups is 1. The van der Waals surface area contributed by atoms with E-state index in [1.165, 1.54) is 4.57 Å². The number of nitrogens with zero attached hydrogens (tertiary/aromatic N) is 2. The summed E-state index contributed by atoms with van der Waals surface area (Å²) in [5, 5.41) is 9.70. The van der Waals surface area contributed by atoms with E-state index in [-0.39, 0.29) is 5.56 Å². The Morgan fingerprint density at radius 1 is 1.45 bits per heavy atom. The minimum atomic E-state index is -0.930. The maximum Gasteiger partial charge on any atom is 0.316 e. The van der Waals surface area contributed by atoms with E-state index in [1.54, 1.807) is 6.92 Å². The fraction of sp³-hybridized carbons (Fsp3) is 0.267. The van der Waals surface area contributed by atoms with Crippen LogP contribution in [0.2, 0.25) is 0 Å². The van der Waals surface area contributed by atoms with Gasteiger partial charge in [-0.3, -0.25) is 14.2 Å². The fourth-order valence-electron chi connectivity index (χ4n) is 2.35. The van der Waals surface area contributed by atoms with Crippen LogP contribution >= 0.6 is 11.8 Å². The Bertz CT molecular complexity index is 929. The van der Waals surface area contributed by atoms with Crippen molar-refractivity contribution >= 4 is 39.7 Å². The third kappa shape index (κ3) is 2.27. The van der Waals surface area contributed by atoms with Gasteiger partial charge < -0.3 is 10.1 Å². The summed E-state index contributed by atoms with van der Waals surface area (Å²) in [6.07, 6.45) is 0. The summed E-state index contributed by atoms with van der Waals surface area (Å²) < 4.78 is 1.50. The molecule has 0 fully saturated rings. The van der Waals surface area contributed by atoms with E-state index in [4.69, 9.17) is 5.11 Å². The summed E-state index contributed by atoms with van der Waals surface area (Å²) in [5.74, 6) is -0.930. The molecule has 1 aromatic carbocycles. The van der Waals surface area contributed by atoms with Gasteiger partial charge in [0.15, 0.2) is 5.16 Å². The molecule has 1 unspecified atom stereocenters. The molecule has 2 aromatic heterocycles. The molecule has 6 nitrogen and oxygen atoms in total. The molecule has 0 spiro atoms. The second-order valence-electron chi connectivity index (χ2n) is 4.94. The number of aromatic nitrogens is 3. The zero-order valence-corrected chi connectivity index (χ0v) is 13.0. The van der Waals surface area contributed by atoms with Gasteiger partial charge in [-0.05, 0) is 19.9 Å². The van der Waals surface area contributed by atoms with Gasteiger partial charge >= 0.3 is 5.97 Å². The third-order valence-electron chi connectivity index (χ3n) is 3.52. The quantitative estimate of drug-likeness (QED) is 0.570. The number of carboxylic acids is 1. The summed E-state index contributed by atoms with van der Waals surface area (Å²) in [7, 11) is 0. The van der Waals surface area contributed by atoms with Crippen LogP contribution in [-0.2, 0) is 11.3 Å². The Morgan fingerprint density at radius 2 is 2.18 bits per heavy atom. The smallest absolute Gasteiger partial charge is 0.316 e. The molecule has 0 radical (unpaired) electrons. The van der Waals surface area contributed by atoms with Crippen LogP contribution in [0.4, 0.5) is 0 Å². The molecule has 0 aliphatic heterocycles. The van der Waals surface area contributed by atoms with Crippen molar-refractivity contribution in [2.75, 3.05) is 0 Å². The molecule has 2 N–H and O–H groups in total. The number of aromatic amines is 1. The molecule has 0 bridgehead atoms. The molecule has 3 aromatic rings. The van der Waals surface area contributed by atoms with Crippen LogP contribution in [0.15, 0.2) is 34.2 Å². The van der Waals surface area contributed by atoms with Gasteiger partial charge in [-0.15, -0.1) is 0 Å². The lowest BCUT2D eigenvalue weighted by Gasteiger charge is -2.11. The second kappa shape index (κ2) is 5.49. The zero-order chi connectivity index (χ0) is 15.9. The first kappa shape index (κ1) is 14.6. The standard InChI is InChI=1S/C15H15N3O3S/c1-3-18-13(19)12-11(9-6-4-5-7-10(9)16-12)17-15(18)22-8(2)14(20)21/h4-8,16H,3H2,1-2H3,(H,20,21). The SMILES string of the molecule is CCn1c(SC(C)C(=O)O)nc2c([nH]c3ccccc32)c1=O. The summed E-state index contributed by atoms with van der Waals surface area (Å²) in [4.78, 5) is 31.4. The first-order valence-electron chi connectivity index (χ1n) is 6.93. The average molecular weight is 317 g/mol. The number of thioether (sulfide) groups is 1.